The second kappa shape index (κ2) is 26.4. The molecule has 0 aliphatic carbocycles. The normalized spacial score (nSPS) is 13.7. The number of halogens is 1. The SMILES string of the molecule is CC1(C)OB(c2ccc3c4ccc5ccccc5c4c4nc5ccccc5n4c3c2)OC1(C)C.O=P(c1ccccc1)(c1ccccc1)c1ccc2ccc(-c3ccc4c5ccc6ccccc6c5c5nc6ccccc6n5c4c3)cc2c1.O=P(c1ccccc1)(c1ccccc1)c1ccc2ccc(Br)cc2c1. The van der Waals surface area contributed by atoms with Gasteiger partial charge in [-0.2, -0.15) is 0 Å². The molecular weight excluding hydrogens is 1430 g/mol. The average molecular weight is 1500 g/mol. The topological polar surface area (TPSA) is 87.2 Å². The number of rotatable bonds is 8. The molecule has 21 rings (SSSR count). The summed E-state index contributed by atoms with van der Waals surface area (Å²) in [4.78, 5) is 10.3. The summed E-state index contributed by atoms with van der Waals surface area (Å²) >= 11 is 3.53. The summed E-state index contributed by atoms with van der Waals surface area (Å²) in [5.41, 5.74) is 10.8. The molecule has 0 spiro atoms. The molecule has 1 fully saturated rings. The Morgan fingerprint density at radius 3 is 1.17 bits per heavy atom. The Labute approximate surface area is 633 Å². The summed E-state index contributed by atoms with van der Waals surface area (Å²) in [6.07, 6.45) is 0. The van der Waals surface area contributed by atoms with Gasteiger partial charge in [-0.1, -0.05) is 301 Å². The van der Waals surface area contributed by atoms with Crippen LogP contribution in [0.3, 0.4) is 0 Å². The molecule has 1 aliphatic rings. The van der Waals surface area contributed by atoms with E-state index in [9.17, 15) is 4.57 Å². The molecule has 108 heavy (non-hydrogen) atoms. The van der Waals surface area contributed by atoms with Crippen molar-refractivity contribution in [1.29, 1.82) is 0 Å². The van der Waals surface area contributed by atoms with Crippen molar-refractivity contribution in [2.75, 3.05) is 0 Å². The Hall–Kier alpha value is -11.6. The number of nitrogens with zero attached hydrogens (tertiary/aromatic N) is 4. The first-order valence-corrected chi connectivity index (χ1v) is 40.7. The fraction of sp³-hybridized carbons (Fsp3) is 0.0625. The van der Waals surface area contributed by atoms with E-state index in [0.29, 0.717) is 0 Å². The first kappa shape index (κ1) is 67.1. The van der Waals surface area contributed by atoms with Crippen LogP contribution in [0.15, 0.2) is 356 Å². The van der Waals surface area contributed by atoms with Crippen LogP contribution in [0.1, 0.15) is 27.7 Å². The minimum Gasteiger partial charge on any atom is -0.399 e. The molecule has 0 unspecified atom stereocenters. The summed E-state index contributed by atoms with van der Waals surface area (Å²) < 4.78 is 47.9. The Morgan fingerprint density at radius 2 is 0.676 bits per heavy atom. The van der Waals surface area contributed by atoms with E-state index in [2.05, 4.69) is 259 Å². The molecule has 16 aromatic carbocycles. The van der Waals surface area contributed by atoms with E-state index >= 15 is 4.57 Å². The number of hydrogen-bond donors (Lipinski definition) is 0. The lowest BCUT2D eigenvalue weighted by Crippen LogP contribution is -2.41. The largest absolute Gasteiger partial charge is 0.494 e. The van der Waals surface area contributed by atoms with Crippen LogP contribution in [-0.2, 0) is 18.4 Å². The molecule has 8 nitrogen and oxygen atoms in total. The van der Waals surface area contributed by atoms with E-state index in [1.54, 1.807) is 0 Å². The molecule has 1 aliphatic heterocycles. The molecule has 518 valence electrons. The summed E-state index contributed by atoms with van der Waals surface area (Å²) in [6, 6.07) is 121. The van der Waals surface area contributed by atoms with Crippen LogP contribution in [0.2, 0.25) is 0 Å². The number of fused-ring (bicyclic) bond motifs is 22. The van der Waals surface area contributed by atoms with Gasteiger partial charge in [0.05, 0.1) is 44.3 Å². The van der Waals surface area contributed by atoms with E-state index in [4.69, 9.17) is 19.3 Å². The summed E-state index contributed by atoms with van der Waals surface area (Å²) in [5.74, 6) is 0. The van der Waals surface area contributed by atoms with Gasteiger partial charge in [-0.3, -0.25) is 8.80 Å². The van der Waals surface area contributed by atoms with Crippen molar-refractivity contribution >= 4 is 194 Å². The van der Waals surface area contributed by atoms with Crippen molar-refractivity contribution in [3.63, 3.8) is 0 Å². The Balaban J connectivity index is 0.000000117. The highest BCUT2D eigenvalue weighted by atomic mass is 79.9. The van der Waals surface area contributed by atoms with Crippen LogP contribution in [0.5, 0.6) is 0 Å². The van der Waals surface area contributed by atoms with Gasteiger partial charge in [0.1, 0.15) is 11.3 Å². The summed E-state index contributed by atoms with van der Waals surface area (Å²) in [6.45, 7) is 8.37. The summed E-state index contributed by atoms with van der Waals surface area (Å²) in [7, 11) is -6.42. The molecular formula is C96H70BBrN4O4P2. The predicted octanol–water partition coefficient (Wildman–Crippen LogP) is 21.9. The maximum Gasteiger partial charge on any atom is 0.494 e. The van der Waals surface area contributed by atoms with E-state index in [1.807, 2.05) is 146 Å². The van der Waals surface area contributed by atoms with Gasteiger partial charge in [0, 0.05) is 57.8 Å². The third kappa shape index (κ3) is 11.2. The Kier molecular flexibility index (Phi) is 16.4. The van der Waals surface area contributed by atoms with Crippen molar-refractivity contribution in [3.05, 3.63) is 356 Å². The van der Waals surface area contributed by atoms with Gasteiger partial charge in [0.15, 0.2) is 14.3 Å². The maximum absolute atomic E-state index is 15.1. The van der Waals surface area contributed by atoms with Crippen LogP contribution in [0.25, 0.3) is 131 Å². The molecule has 0 atom stereocenters. The van der Waals surface area contributed by atoms with Crippen LogP contribution >= 0.6 is 30.2 Å². The molecule has 0 N–H and O–H groups in total. The quantitative estimate of drug-likeness (QED) is 0.0856. The lowest BCUT2D eigenvalue weighted by molar-refractivity contribution is 0.00578. The lowest BCUT2D eigenvalue weighted by atomic mass is 9.78. The van der Waals surface area contributed by atoms with Crippen molar-refractivity contribution < 1.29 is 18.4 Å². The third-order valence-electron chi connectivity index (χ3n) is 22.2. The smallest absolute Gasteiger partial charge is 0.399 e. The molecule has 0 amide bonds. The van der Waals surface area contributed by atoms with E-state index < -0.39 is 21.4 Å². The van der Waals surface area contributed by atoms with Gasteiger partial charge >= 0.3 is 7.12 Å². The van der Waals surface area contributed by atoms with Gasteiger partial charge in [-0.25, -0.2) is 9.97 Å². The number of pyridine rings is 2. The van der Waals surface area contributed by atoms with Gasteiger partial charge in [-0.15, -0.1) is 0 Å². The number of imidazole rings is 2. The lowest BCUT2D eigenvalue weighted by Gasteiger charge is -2.32. The number of aromatic nitrogens is 4. The number of hydrogen-bond acceptors (Lipinski definition) is 6. The monoisotopic (exact) mass is 1490 g/mol. The second-order valence-corrected chi connectivity index (χ2v) is 35.5. The molecule has 20 aromatic rings. The average Bonchev–Trinajstić information content (AvgIpc) is 1.51. The molecule has 0 radical (unpaired) electrons. The standard InChI is InChI=1S/C45H29N2OP.C29H25BN2O2.C22H16BrOP/c48-49(35-12-3-1-4-13-35,36-14-5-2-6-15-36)37-24-21-30-19-20-32(27-34(30)28-37)33-23-25-39-40-26-22-31-11-7-8-16-38(31)44(40)45-46-41-17-9-10-18-42(41)47(45)43(39)29-33;1-28(2)29(3,4)34-30(33-28)19-14-16-21-22-15-13-18-9-5-6-10-20(18)26(22)27-31-23-11-7-8-12-24(23)32(27)25(21)17-19;23-19-13-11-17-12-14-22(16-18(17)15-19)25(24,20-7-3-1-4-8-20)21-9-5-2-6-10-21/h1-29H;5-17H,1-4H3;1-16H. The molecule has 0 bridgehead atoms. The summed E-state index contributed by atoms with van der Waals surface area (Å²) in [5, 5.41) is 21.5. The van der Waals surface area contributed by atoms with Crippen LogP contribution < -0.4 is 37.3 Å². The first-order valence-electron chi connectivity index (χ1n) is 36.5. The molecule has 12 heteroatoms. The first-order chi connectivity index (χ1) is 52.7. The van der Waals surface area contributed by atoms with E-state index in [-0.39, 0.29) is 11.2 Å². The number of benzene rings is 16. The molecule has 0 saturated carbocycles. The highest BCUT2D eigenvalue weighted by Gasteiger charge is 2.52. The Bertz CT molecular complexity index is 7010. The predicted molar refractivity (Wildman–Crippen MR) is 460 cm³/mol. The fourth-order valence-corrected chi connectivity index (χ4v) is 21.8. The van der Waals surface area contributed by atoms with Crippen molar-refractivity contribution in [3.8, 4) is 11.1 Å². The van der Waals surface area contributed by atoms with Gasteiger partial charge in [0.2, 0.25) is 0 Å². The molecule has 4 aromatic heterocycles. The molecule has 5 heterocycles. The van der Waals surface area contributed by atoms with E-state index in [1.165, 1.54) is 53.9 Å². The second-order valence-electron chi connectivity index (χ2n) is 29.0. The van der Waals surface area contributed by atoms with Crippen LogP contribution in [-0.4, -0.2) is 37.1 Å². The zero-order chi connectivity index (χ0) is 73.0. The van der Waals surface area contributed by atoms with Crippen LogP contribution in [0, 0.1) is 0 Å². The van der Waals surface area contributed by atoms with Gasteiger partial charge in [-0.05, 0) is 165 Å². The van der Waals surface area contributed by atoms with Crippen molar-refractivity contribution in [2.45, 2.75) is 38.9 Å². The highest BCUT2D eigenvalue weighted by Crippen LogP contribution is 2.47. The maximum atomic E-state index is 15.1. The minimum absolute atomic E-state index is 0.383. The number of para-hydroxylation sites is 4. The fourth-order valence-electron chi connectivity index (χ4n) is 16.0. The van der Waals surface area contributed by atoms with E-state index in [0.717, 1.165) is 119 Å². The van der Waals surface area contributed by atoms with Crippen molar-refractivity contribution in [1.82, 2.24) is 18.8 Å². The van der Waals surface area contributed by atoms with Gasteiger partial charge in [0.25, 0.3) is 0 Å². The zero-order valence-electron chi connectivity index (χ0n) is 59.8. The van der Waals surface area contributed by atoms with Crippen LogP contribution in [0.4, 0.5) is 0 Å². The zero-order valence-corrected chi connectivity index (χ0v) is 63.1. The third-order valence-corrected chi connectivity index (χ3v) is 28.8. The molecule has 1 saturated heterocycles. The van der Waals surface area contributed by atoms with Gasteiger partial charge < -0.3 is 18.4 Å². The Morgan fingerprint density at radius 1 is 0.306 bits per heavy atom. The van der Waals surface area contributed by atoms with Crippen molar-refractivity contribution in [2.24, 2.45) is 0 Å². The highest BCUT2D eigenvalue weighted by molar-refractivity contribution is 9.10. The minimum atomic E-state index is -3.10.